The molecule has 0 fully saturated rings. The van der Waals surface area contributed by atoms with Crippen LogP contribution in [0.4, 0.5) is 13.2 Å². The lowest BCUT2D eigenvalue weighted by molar-refractivity contribution is -0.143. The summed E-state index contributed by atoms with van der Waals surface area (Å²) in [6, 6.07) is 6.42. The summed E-state index contributed by atoms with van der Waals surface area (Å²) in [5.74, 6) is 0. The molecule has 0 radical (unpaired) electrons. The van der Waals surface area contributed by atoms with Gasteiger partial charge in [-0.05, 0) is 40.2 Å². The van der Waals surface area contributed by atoms with E-state index in [4.69, 9.17) is 0 Å². The molecule has 0 amide bonds. The predicted molar refractivity (Wildman–Crippen MR) is 64.0 cm³/mol. The van der Waals surface area contributed by atoms with E-state index in [1.807, 2.05) is 0 Å². The van der Waals surface area contributed by atoms with E-state index in [2.05, 4.69) is 37.0 Å². The van der Waals surface area contributed by atoms with Gasteiger partial charge < -0.3 is 0 Å². The topological polar surface area (TPSA) is 17.8 Å². The maximum absolute atomic E-state index is 12.8. The molecule has 1 aromatic heterocycles. The molecule has 0 saturated carbocycles. The van der Waals surface area contributed by atoms with Gasteiger partial charge in [0.2, 0.25) is 0 Å². The number of hydrogen-bond donors (Lipinski definition) is 0. The number of halogens is 5. The molecule has 90 valence electrons. The summed E-state index contributed by atoms with van der Waals surface area (Å²) in [5, 5.41) is 3.72. The molecule has 0 saturated heterocycles. The Morgan fingerprint density at radius 1 is 1.06 bits per heavy atom. The molecule has 2 nitrogen and oxygen atoms in total. The Morgan fingerprint density at radius 3 is 2.18 bits per heavy atom. The number of aromatic nitrogens is 2. The summed E-state index contributed by atoms with van der Waals surface area (Å²) in [6.45, 7) is 0. The highest BCUT2D eigenvalue weighted by Crippen LogP contribution is 2.36. The van der Waals surface area contributed by atoms with E-state index in [1.165, 1.54) is 0 Å². The molecular weight excluding hydrogens is 365 g/mol. The Bertz CT molecular complexity index is 531. The average Bonchev–Trinajstić information content (AvgIpc) is 2.61. The van der Waals surface area contributed by atoms with Crippen LogP contribution in [0, 0.1) is 0 Å². The van der Waals surface area contributed by atoms with Crippen molar-refractivity contribution in [2.45, 2.75) is 6.18 Å². The van der Waals surface area contributed by atoms with Crippen molar-refractivity contribution in [3.63, 3.8) is 0 Å². The van der Waals surface area contributed by atoms with Crippen molar-refractivity contribution in [3.05, 3.63) is 45.1 Å². The molecule has 1 aromatic carbocycles. The highest BCUT2D eigenvalue weighted by molar-refractivity contribution is 9.10. The van der Waals surface area contributed by atoms with Crippen LogP contribution in [0.2, 0.25) is 0 Å². The molecule has 2 rings (SSSR count). The number of alkyl halides is 3. The quantitative estimate of drug-likeness (QED) is 0.727. The van der Waals surface area contributed by atoms with Crippen LogP contribution in [0.5, 0.6) is 0 Å². The number of benzene rings is 1. The smallest absolute Gasteiger partial charge is 0.227 e. The van der Waals surface area contributed by atoms with Gasteiger partial charge in [0, 0.05) is 4.47 Å². The van der Waals surface area contributed by atoms with Gasteiger partial charge in [-0.3, -0.25) is 0 Å². The maximum Gasteiger partial charge on any atom is 0.434 e. The first-order chi connectivity index (χ1) is 7.89. The summed E-state index contributed by atoms with van der Waals surface area (Å²) in [4.78, 5) is 0. The third-order valence-corrected chi connectivity index (χ3v) is 3.17. The van der Waals surface area contributed by atoms with Crippen molar-refractivity contribution in [2.75, 3.05) is 0 Å². The van der Waals surface area contributed by atoms with Crippen LogP contribution in [-0.2, 0) is 6.18 Å². The molecule has 17 heavy (non-hydrogen) atoms. The van der Waals surface area contributed by atoms with Crippen LogP contribution in [0.3, 0.4) is 0 Å². The van der Waals surface area contributed by atoms with Gasteiger partial charge in [0.1, 0.15) is 0 Å². The van der Waals surface area contributed by atoms with E-state index >= 15 is 0 Å². The SMILES string of the molecule is FC(F)(F)c1c(Br)cnn1-c1ccc(Br)cc1. The van der Waals surface area contributed by atoms with E-state index < -0.39 is 11.9 Å². The van der Waals surface area contributed by atoms with Crippen molar-refractivity contribution >= 4 is 31.9 Å². The van der Waals surface area contributed by atoms with Gasteiger partial charge in [-0.1, -0.05) is 15.9 Å². The normalized spacial score (nSPS) is 11.8. The standard InChI is InChI=1S/C10H5Br2F3N2/c11-6-1-3-7(4-2-6)17-9(10(13,14)15)8(12)5-16-17/h1-5H. The fourth-order valence-electron chi connectivity index (χ4n) is 1.36. The molecule has 0 N–H and O–H groups in total. The predicted octanol–water partition coefficient (Wildman–Crippen LogP) is 4.42. The van der Waals surface area contributed by atoms with Crippen molar-refractivity contribution in [1.82, 2.24) is 9.78 Å². The first-order valence-electron chi connectivity index (χ1n) is 4.46. The fraction of sp³-hybridized carbons (Fsp3) is 0.100. The second-order valence-corrected chi connectivity index (χ2v) is 5.00. The van der Waals surface area contributed by atoms with E-state index in [9.17, 15) is 13.2 Å². The second kappa shape index (κ2) is 4.45. The van der Waals surface area contributed by atoms with Gasteiger partial charge in [0.05, 0.1) is 16.4 Å². The van der Waals surface area contributed by atoms with E-state index in [-0.39, 0.29) is 4.47 Å². The fourth-order valence-corrected chi connectivity index (χ4v) is 2.11. The van der Waals surface area contributed by atoms with Crippen LogP contribution in [0.25, 0.3) is 5.69 Å². The van der Waals surface area contributed by atoms with E-state index in [1.54, 1.807) is 24.3 Å². The summed E-state index contributed by atoms with van der Waals surface area (Å²) in [7, 11) is 0. The van der Waals surface area contributed by atoms with Crippen molar-refractivity contribution < 1.29 is 13.2 Å². The van der Waals surface area contributed by atoms with Gasteiger partial charge >= 0.3 is 6.18 Å². The average molecular weight is 370 g/mol. The van der Waals surface area contributed by atoms with Gasteiger partial charge in [-0.2, -0.15) is 18.3 Å². The van der Waals surface area contributed by atoms with Gasteiger partial charge in [-0.25, -0.2) is 4.68 Å². The van der Waals surface area contributed by atoms with Crippen LogP contribution in [0.15, 0.2) is 39.4 Å². The zero-order valence-electron chi connectivity index (χ0n) is 8.17. The van der Waals surface area contributed by atoms with E-state index in [0.717, 1.165) is 15.4 Å². The number of rotatable bonds is 1. The lowest BCUT2D eigenvalue weighted by atomic mass is 10.3. The van der Waals surface area contributed by atoms with Crippen LogP contribution in [-0.4, -0.2) is 9.78 Å². The van der Waals surface area contributed by atoms with Crippen LogP contribution in [0.1, 0.15) is 5.69 Å². The monoisotopic (exact) mass is 368 g/mol. The molecule has 0 atom stereocenters. The zero-order chi connectivity index (χ0) is 12.6. The van der Waals surface area contributed by atoms with Crippen LogP contribution < -0.4 is 0 Å². The Kier molecular flexibility index (Phi) is 3.31. The molecule has 0 spiro atoms. The summed E-state index contributed by atoms with van der Waals surface area (Å²) in [5.41, 5.74) is -0.467. The maximum atomic E-state index is 12.8. The molecule has 0 aliphatic carbocycles. The third-order valence-electron chi connectivity index (χ3n) is 2.06. The molecule has 0 bridgehead atoms. The second-order valence-electron chi connectivity index (χ2n) is 3.23. The lowest BCUT2D eigenvalue weighted by Crippen LogP contribution is -2.13. The number of nitrogens with zero attached hydrogens (tertiary/aromatic N) is 2. The van der Waals surface area contributed by atoms with Gasteiger partial charge in [0.15, 0.2) is 5.69 Å². The molecule has 2 aromatic rings. The van der Waals surface area contributed by atoms with Crippen LogP contribution >= 0.6 is 31.9 Å². The first-order valence-corrected chi connectivity index (χ1v) is 6.05. The lowest BCUT2D eigenvalue weighted by Gasteiger charge is -2.10. The Morgan fingerprint density at radius 2 is 1.65 bits per heavy atom. The molecular formula is C10H5Br2F3N2. The highest BCUT2D eigenvalue weighted by atomic mass is 79.9. The van der Waals surface area contributed by atoms with Crippen molar-refractivity contribution in [2.24, 2.45) is 0 Å². The Balaban J connectivity index is 2.57. The molecule has 0 aliphatic rings. The van der Waals surface area contributed by atoms with Gasteiger partial charge in [-0.15, -0.1) is 0 Å². The highest BCUT2D eigenvalue weighted by Gasteiger charge is 2.38. The van der Waals surface area contributed by atoms with E-state index in [0.29, 0.717) is 5.69 Å². The molecule has 0 aliphatic heterocycles. The summed E-state index contributed by atoms with van der Waals surface area (Å²) in [6.07, 6.45) is -3.33. The minimum Gasteiger partial charge on any atom is -0.227 e. The summed E-state index contributed by atoms with van der Waals surface area (Å²) >= 11 is 6.07. The Hall–Kier alpha value is -0.820. The van der Waals surface area contributed by atoms with Gasteiger partial charge in [0.25, 0.3) is 0 Å². The van der Waals surface area contributed by atoms with Crippen molar-refractivity contribution in [1.29, 1.82) is 0 Å². The van der Waals surface area contributed by atoms with Crippen molar-refractivity contribution in [3.8, 4) is 5.69 Å². The molecule has 0 unspecified atom stereocenters. The minimum atomic E-state index is -4.46. The third kappa shape index (κ3) is 2.55. The summed E-state index contributed by atoms with van der Waals surface area (Å²) < 4.78 is 40.0. The largest absolute Gasteiger partial charge is 0.434 e. The Labute approximate surface area is 112 Å². The molecule has 7 heteroatoms. The first kappa shape index (κ1) is 12.6. The minimum absolute atomic E-state index is 0.0760. The number of hydrogen-bond acceptors (Lipinski definition) is 1. The molecule has 1 heterocycles. The zero-order valence-corrected chi connectivity index (χ0v) is 11.3.